The number of H-pyrrole nitrogens is 1. The average Bonchev–Trinajstić information content (AvgIpc) is 2.53. The fourth-order valence-electron chi connectivity index (χ4n) is 1.08. The molecule has 0 fully saturated rings. The molecule has 0 saturated heterocycles. The van der Waals surface area contributed by atoms with Crippen LogP contribution in [0, 0.1) is 0 Å². The van der Waals surface area contributed by atoms with Gasteiger partial charge in [0.15, 0.2) is 5.11 Å². The van der Waals surface area contributed by atoms with E-state index in [4.69, 9.17) is 12.2 Å². The van der Waals surface area contributed by atoms with Gasteiger partial charge in [0, 0.05) is 17.8 Å². The fourth-order valence-corrected chi connectivity index (χ4v) is 1.49. The van der Waals surface area contributed by atoms with Gasteiger partial charge in [-0.2, -0.15) is 5.10 Å². The molecule has 1 aromatic rings. The van der Waals surface area contributed by atoms with E-state index in [-0.39, 0.29) is 6.04 Å². The molecule has 0 aliphatic heterocycles. The van der Waals surface area contributed by atoms with Crippen molar-refractivity contribution in [2.75, 3.05) is 0 Å². The molecule has 4 nitrogen and oxygen atoms in total. The van der Waals surface area contributed by atoms with Crippen molar-refractivity contribution in [2.45, 2.75) is 32.9 Å². The van der Waals surface area contributed by atoms with Crippen LogP contribution >= 0.6 is 12.2 Å². The number of aromatic amines is 1. The Labute approximate surface area is 89.5 Å². The lowest BCUT2D eigenvalue weighted by molar-refractivity contribution is 0.664. The molecule has 5 heteroatoms. The third kappa shape index (κ3) is 3.33. The van der Waals surface area contributed by atoms with Gasteiger partial charge in [-0.25, -0.2) is 0 Å². The second kappa shape index (κ2) is 4.95. The zero-order chi connectivity index (χ0) is 10.6. The quantitative estimate of drug-likeness (QED) is 0.662. The molecule has 0 amide bonds. The minimum Gasteiger partial charge on any atom is -0.361 e. The summed E-state index contributed by atoms with van der Waals surface area (Å²) >= 11 is 5.13. The van der Waals surface area contributed by atoms with Gasteiger partial charge in [0.2, 0.25) is 0 Å². The summed E-state index contributed by atoms with van der Waals surface area (Å²) in [5.74, 6) is 0. The molecule has 1 atom stereocenters. The van der Waals surface area contributed by atoms with Gasteiger partial charge in [-0.3, -0.25) is 5.10 Å². The maximum atomic E-state index is 5.13. The molecule has 0 spiro atoms. The van der Waals surface area contributed by atoms with Crippen LogP contribution in [0.4, 0.5) is 0 Å². The van der Waals surface area contributed by atoms with Crippen molar-refractivity contribution in [2.24, 2.45) is 0 Å². The van der Waals surface area contributed by atoms with E-state index in [0.29, 0.717) is 11.2 Å². The van der Waals surface area contributed by atoms with E-state index in [1.807, 2.05) is 13.1 Å². The fraction of sp³-hybridized carbons (Fsp3) is 0.556. The molecular weight excluding hydrogens is 196 g/mol. The Morgan fingerprint density at radius 2 is 2.14 bits per heavy atom. The van der Waals surface area contributed by atoms with E-state index in [9.17, 15) is 0 Å². The molecule has 1 aromatic heterocycles. The zero-order valence-electron chi connectivity index (χ0n) is 8.66. The maximum absolute atomic E-state index is 5.13. The van der Waals surface area contributed by atoms with Crippen molar-refractivity contribution in [3.8, 4) is 0 Å². The molecule has 14 heavy (non-hydrogen) atoms. The van der Waals surface area contributed by atoms with E-state index in [0.717, 1.165) is 5.56 Å². The minimum absolute atomic E-state index is 0.174. The third-order valence-electron chi connectivity index (χ3n) is 1.79. The summed E-state index contributed by atoms with van der Waals surface area (Å²) in [6.07, 6.45) is 3.64. The topological polar surface area (TPSA) is 52.7 Å². The Kier molecular flexibility index (Phi) is 3.88. The normalized spacial score (nSPS) is 12.6. The molecule has 0 bridgehead atoms. The monoisotopic (exact) mass is 212 g/mol. The van der Waals surface area contributed by atoms with Crippen molar-refractivity contribution in [1.29, 1.82) is 0 Å². The molecule has 1 rings (SSSR count). The third-order valence-corrected chi connectivity index (χ3v) is 2.02. The number of nitrogens with one attached hydrogen (secondary N) is 3. The molecule has 0 aromatic carbocycles. The first kappa shape index (κ1) is 11.0. The van der Waals surface area contributed by atoms with Crippen LogP contribution in [-0.4, -0.2) is 21.4 Å². The molecule has 0 aliphatic carbocycles. The highest BCUT2D eigenvalue weighted by atomic mass is 32.1. The SMILES string of the molecule is CC(C)NC(=S)NC(C)c1cn[nH]c1. The van der Waals surface area contributed by atoms with Crippen LogP contribution in [0.3, 0.4) is 0 Å². The van der Waals surface area contributed by atoms with Gasteiger partial charge in [0.25, 0.3) is 0 Å². The molecule has 3 N–H and O–H groups in total. The highest BCUT2D eigenvalue weighted by molar-refractivity contribution is 7.80. The van der Waals surface area contributed by atoms with Crippen LogP contribution in [0.25, 0.3) is 0 Å². The molecule has 0 aliphatic rings. The highest BCUT2D eigenvalue weighted by Gasteiger charge is 2.07. The van der Waals surface area contributed by atoms with Gasteiger partial charge < -0.3 is 10.6 Å². The van der Waals surface area contributed by atoms with Gasteiger partial charge in [-0.05, 0) is 33.0 Å². The highest BCUT2D eigenvalue weighted by Crippen LogP contribution is 2.08. The van der Waals surface area contributed by atoms with Crippen LogP contribution in [0.5, 0.6) is 0 Å². The van der Waals surface area contributed by atoms with Gasteiger partial charge in [-0.1, -0.05) is 0 Å². The van der Waals surface area contributed by atoms with E-state index in [1.165, 1.54) is 0 Å². The number of hydrogen-bond donors (Lipinski definition) is 3. The number of hydrogen-bond acceptors (Lipinski definition) is 2. The number of nitrogens with zero attached hydrogens (tertiary/aromatic N) is 1. The van der Waals surface area contributed by atoms with Gasteiger partial charge in [0.1, 0.15) is 0 Å². The summed E-state index contributed by atoms with van der Waals surface area (Å²) in [6.45, 7) is 6.14. The predicted molar refractivity (Wildman–Crippen MR) is 61.0 cm³/mol. The van der Waals surface area contributed by atoms with Crippen LogP contribution in [0.2, 0.25) is 0 Å². The number of thiocarbonyl (C=S) groups is 1. The van der Waals surface area contributed by atoms with E-state index >= 15 is 0 Å². The Balaban J connectivity index is 2.41. The first-order chi connectivity index (χ1) is 6.59. The zero-order valence-corrected chi connectivity index (χ0v) is 9.48. The van der Waals surface area contributed by atoms with Crippen molar-refractivity contribution in [1.82, 2.24) is 20.8 Å². The number of rotatable bonds is 3. The van der Waals surface area contributed by atoms with Gasteiger partial charge >= 0.3 is 0 Å². The Bertz CT molecular complexity index is 281. The van der Waals surface area contributed by atoms with Crippen molar-refractivity contribution in [3.63, 3.8) is 0 Å². The summed E-state index contributed by atoms with van der Waals surface area (Å²) in [5, 5.41) is 13.6. The van der Waals surface area contributed by atoms with Gasteiger partial charge in [-0.15, -0.1) is 0 Å². The predicted octanol–water partition coefficient (Wildman–Crippen LogP) is 1.34. The average molecular weight is 212 g/mol. The number of aromatic nitrogens is 2. The van der Waals surface area contributed by atoms with Crippen LogP contribution in [-0.2, 0) is 0 Å². The summed E-state index contributed by atoms with van der Waals surface area (Å²) in [7, 11) is 0. The smallest absolute Gasteiger partial charge is 0.166 e. The van der Waals surface area contributed by atoms with E-state index < -0.39 is 0 Å². The summed E-state index contributed by atoms with van der Waals surface area (Å²) in [6, 6.07) is 0.527. The molecule has 0 saturated carbocycles. The van der Waals surface area contributed by atoms with Gasteiger partial charge in [0.05, 0.1) is 12.2 Å². The molecule has 1 heterocycles. The lowest BCUT2D eigenvalue weighted by Crippen LogP contribution is -2.40. The molecule has 78 valence electrons. The van der Waals surface area contributed by atoms with Crippen LogP contribution in [0.1, 0.15) is 32.4 Å². The maximum Gasteiger partial charge on any atom is 0.166 e. The lowest BCUT2D eigenvalue weighted by atomic mass is 10.2. The molecular formula is C9H16N4S. The first-order valence-corrected chi connectivity index (χ1v) is 5.06. The largest absolute Gasteiger partial charge is 0.361 e. The van der Waals surface area contributed by atoms with Crippen molar-refractivity contribution >= 4 is 17.3 Å². The Hall–Kier alpha value is -1.10. The van der Waals surface area contributed by atoms with Crippen molar-refractivity contribution in [3.05, 3.63) is 18.0 Å². The van der Waals surface area contributed by atoms with E-state index in [2.05, 4.69) is 34.7 Å². The van der Waals surface area contributed by atoms with Crippen LogP contribution in [0.15, 0.2) is 12.4 Å². The molecule has 1 unspecified atom stereocenters. The summed E-state index contributed by atoms with van der Waals surface area (Å²) in [4.78, 5) is 0. The Morgan fingerprint density at radius 1 is 1.43 bits per heavy atom. The Morgan fingerprint density at radius 3 is 2.64 bits per heavy atom. The summed E-state index contributed by atoms with van der Waals surface area (Å²) in [5.41, 5.74) is 1.10. The van der Waals surface area contributed by atoms with Crippen molar-refractivity contribution < 1.29 is 0 Å². The second-order valence-electron chi connectivity index (χ2n) is 3.53. The lowest BCUT2D eigenvalue weighted by Gasteiger charge is -2.17. The van der Waals surface area contributed by atoms with E-state index in [1.54, 1.807) is 6.20 Å². The minimum atomic E-state index is 0.174. The molecule has 0 radical (unpaired) electrons. The second-order valence-corrected chi connectivity index (χ2v) is 3.93. The standard InChI is InChI=1S/C9H16N4S/c1-6(2)12-9(14)13-7(3)8-4-10-11-5-8/h4-7H,1-3H3,(H,10,11)(H2,12,13,14). The summed E-state index contributed by atoms with van der Waals surface area (Å²) < 4.78 is 0. The van der Waals surface area contributed by atoms with Crippen LogP contribution < -0.4 is 10.6 Å². The first-order valence-electron chi connectivity index (χ1n) is 4.65.